The van der Waals surface area contributed by atoms with Crippen LogP contribution in [0.5, 0.6) is 0 Å². The second-order valence-corrected chi connectivity index (χ2v) is 8.55. The van der Waals surface area contributed by atoms with Crippen molar-refractivity contribution in [3.8, 4) is 0 Å². The molecule has 0 aliphatic carbocycles. The highest BCUT2D eigenvalue weighted by atomic mass is 32.2. The number of rotatable bonds is 8. The van der Waals surface area contributed by atoms with Crippen LogP contribution in [0.1, 0.15) is 18.5 Å². The number of nitrogen functional groups attached to an aromatic ring is 1. The summed E-state index contributed by atoms with van der Waals surface area (Å²) in [7, 11) is 1.29. The van der Waals surface area contributed by atoms with Crippen molar-refractivity contribution in [2.24, 2.45) is 10.3 Å². The van der Waals surface area contributed by atoms with Crippen molar-refractivity contribution in [2.45, 2.75) is 24.3 Å². The topological polar surface area (TPSA) is 160 Å². The Kier molecular flexibility index (Phi) is 6.99. The Labute approximate surface area is 184 Å². The van der Waals surface area contributed by atoms with Gasteiger partial charge in [0.05, 0.1) is 5.70 Å². The first-order chi connectivity index (χ1) is 14.4. The quantitative estimate of drug-likeness (QED) is 0.140. The molecule has 160 valence electrons. The molecule has 11 nitrogen and oxygen atoms in total. The molecule has 30 heavy (non-hydrogen) atoms. The minimum absolute atomic E-state index is 0.109. The molecular formula is C16H18N6O5S3. The number of hydrogen-bond donors (Lipinski definition) is 4. The molecule has 1 aromatic rings. The van der Waals surface area contributed by atoms with E-state index in [2.05, 4.69) is 33.2 Å². The summed E-state index contributed by atoms with van der Waals surface area (Å²) in [5, 5.41) is 18.6. The van der Waals surface area contributed by atoms with Gasteiger partial charge in [-0.05, 0) is 18.4 Å². The molecule has 4 N–H and O–H groups in total. The van der Waals surface area contributed by atoms with Crippen molar-refractivity contribution in [1.29, 1.82) is 0 Å². The van der Waals surface area contributed by atoms with Gasteiger partial charge in [0, 0.05) is 17.3 Å². The van der Waals surface area contributed by atoms with Crippen LogP contribution in [0.15, 0.2) is 27.0 Å². The van der Waals surface area contributed by atoms with E-state index in [1.165, 1.54) is 30.0 Å². The van der Waals surface area contributed by atoms with Crippen molar-refractivity contribution < 1.29 is 24.4 Å². The highest BCUT2D eigenvalue weighted by Crippen LogP contribution is 2.41. The summed E-state index contributed by atoms with van der Waals surface area (Å²) in [6.07, 6.45) is 2.17. The molecule has 2 aliphatic heterocycles. The van der Waals surface area contributed by atoms with Gasteiger partial charge in [0.15, 0.2) is 10.8 Å². The smallest absolute Gasteiger partial charge is 0.276 e. The fraction of sp³-hybridized carbons (Fsp3) is 0.375. The van der Waals surface area contributed by atoms with Gasteiger partial charge in [-0.2, -0.15) is 0 Å². The Hall–Kier alpha value is -2.58. The normalized spacial score (nSPS) is 21.5. The molecule has 2 amide bonds. The molecule has 1 aromatic heterocycles. The predicted molar refractivity (Wildman–Crippen MR) is 116 cm³/mol. The number of carbonyl (C=O) groups is 3. The number of nitrogens with zero attached hydrogens (tertiary/aromatic N) is 4. The first-order valence-corrected chi connectivity index (χ1v) is 11.0. The lowest BCUT2D eigenvalue weighted by atomic mass is 10.0. The molecule has 0 radical (unpaired) electrons. The number of nitrogens with one attached hydrogen (secondary N) is 1. The summed E-state index contributed by atoms with van der Waals surface area (Å²) in [5.41, 5.74) is 6.67. The number of thiazole rings is 1. The minimum Gasteiger partial charge on any atom is -0.411 e. The number of oxime groups is 2. The molecule has 14 heteroatoms. The van der Waals surface area contributed by atoms with E-state index < -0.39 is 28.3 Å². The van der Waals surface area contributed by atoms with Crippen molar-refractivity contribution in [2.75, 3.05) is 18.6 Å². The van der Waals surface area contributed by atoms with E-state index in [-0.39, 0.29) is 22.2 Å². The zero-order chi connectivity index (χ0) is 21.8. The van der Waals surface area contributed by atoms with Gasteiger partial charge in [-0.25, -0.2) is 4.98 Å². The van der Waals surface area contributed by atoms with E-state index >= 15 is 0 Å². The van der Waals surface area contributed by atoms with Gasteiger partial charge < -0.3 is 21.1 Å². The molecule has 3 heterocycles. The molecule has 1 fully saturated rings. The number of β-lactam (4-membered cyclic amide) rings is 1. The highest BCUT2D eigenvalue weighted by molar-refractivity contribution is 8.00. The van der Waals surface area contributed by atoms with Crippen LogP contribution in [0.3, 0.4) is 0 Å². The molecule has 2 atom stereocenters. The van der Waals surface area contributed by atoms with E-state index in [4.69, 9.17) is 15.8 Å². The van der Waals surface area contributed by atoms with E-state index in [1.54, 1.807) is 5.38 Å². The van der Waals surface area contributed by atoms with Gasteiger partial charge in [-0.15, -0.1) is 28.3 Å². The number of carbonyl (C=O) groups excluding carboxylic acids is 3. The number of nitrogens with two attached hydrogens (primary N) is 1. The van der Waals surface area contributed by atoms with E-state index in [0.717, 1.165) is 16.9 Å². The zero-order valence-electron chi connectivity index (χ0n) is 15.6. The van der Waals surface area contributed by atoms with Crippen LogP contribution in [0, 0.1) is 0 Å². The molecule has 0 saturated carbocycles. The second-order valence-electron chi connectivity index (χ2n) is 6.15. The zero-order valence-corrected chi connectivity index (χ0v) is 18.2. The van der Waals surface area contributed by atoms with Crippen molar-refractivity contribution in [3.05, 3.63) is 22.3 Å². The molecule has 3 rings (SSSR count). The number of anilines is 1. The number of fused-ring (bicyclic) bond motifs is 1. The van der Waals surface area contributed by atoms with Crippen molar-refractivity contribution in [1.82, 2.24) is 15.2 Å². The molecular weight excluding hydrogens is 452 g/mol. The lowest BCUT2D eigenvalue weighted by Gasteiger charge is -2.49. The number of amides is 2. The fourth-order valence-corrected chi connectivity index (χ4v) is 5.28. The van der Waals surface area contributed by atoms with E-state index in [1.807, 2.05) is 0 Å². The average Bonchev–Trinajstić information content (AvgIpc) is 3.15. The van der Waals surface area contributed by atoms with Crippen LogP contribution in [0.2, 0.25) is 0 Å². The van der Waals surface area contributed by atoms with E-state index in [9.17, 15) is 14.4 Å². The van der Waals surface area contributed by atoms with Crippen LogP contribution in [0.25, 0.3) is 0 Å². The van der Waals surface area contributed by atoms with Gasteiger partial charge in [-0.1, -0.05) is 17.8 Å². The van der Waals surface area contributed by atoms with Gasteiger partial charge in [0.2, 0.25) is 5.12 Å². The lowest BCUT2D eigenvalue weighted by Crippen LogP contribution is -2.70. The van der Waals surface area contributed by atoms with Gasteiger partial charge in [0.1, 0.15) is 24.2 Å². The van der Waals surface area contributed by atoms with Crippen LogP contribution in [-0.4, -0.2) is 68.2 Å². The molecule has 0 spiro atoms. The molecule has 0 bridgehead atoms. The van der Waals surface area contributed by atoms with Crippen molar-refractivity contribution >= 4 is 69.7 Å². The Bertz CT molecular complexity index is 959. The average molecular weight is 471 g/mol. The molecule has 1 saturated heterocycles. The third-order valence-corrected chi connectivity index (χ3v) is 6.58. The van der Waals surface area contributed by atoms with Crippen molar-refractivity contribution in [3.63, 3.8) is 0 Å². The van der Waals surface area contributed by atoms with Gasteiger partial charge in [-0.3, -0.25) is 19.3 Å². The second kappa shape index (κ2) is 9.49. The summed E-state index contributed by atoms with van der Waals surface area (Å²) >= 11 is 6.46. The minimum atomic E-state index is -0.844. The Morgan fingerprint density at radius 2 is 2.33 bits per heavy atom. The molecule has 0 aromatic carbocycles. The third-order valence-electron chi connectivity index (χ3n) is 4.36. The number of aromatic nitrogens is 1. The SMILES string of the molecule is CO/N=C(\C(=O)NC1C(=O)N2C(C(=O)S)=C(CCC=NO)CS[C@H]12)c1csc(N)n1. The summed E-state index contributed by atoms with van der Waals surface area (Å²) in [4.78, 5) is 47.6. The number of thioether (sulfide) groups is 1. The maximum Gasteiger partial charge on any atom is 0.276 e. The first kappa shape index (κ1) is 22.1. The van der Waals surface area contributed by atoms with Gasteiger partial charge >= 0.3 is 0 Å². The van der Waals surface area contributed by atoms with Crippen LogP contribution >= 0.6 is 35.7 Å². The lowest BCUT2D eigenvalue weighted by molar-refractivity contribution is -0.146. The predicted octanol–water partition coefficient (Wildman–Crippen LogP) is 0.426. The Morgan fingerprint density at radius 1 is 1.57 bits per heavy atom. The standard InChI is InChI=1S/C16H18N6O5S3/c1-27-21-9(8-6-30-16(17)19-8)12(23)20-10-13(24)22-11(15(25)28)7(3-2-4-18-26)5-29-14(10)22/h4,6,10,14,26H,2-3,5H2,1H3,(H2,17,19)(H,20,23)(H,25,28)/b18-4?,21-9-/t10?,14-/m1/s1. The fourth-order valence-electron chi connectivity index (χ4n) is 3.07. The van der Waals surface area contributed by atoms with Crippen LogP contribution in [0.4, 0.5) is 5.13 Å². The largest absolute Gasteiger partial charge is 0.411 e. The first-order valence-electron chi connectivity index (χ1n) is 8.58. The van der Waals surface area contributed by atoms with Crippen LogP contribution in [-0.2, 0) is 19.2 Å². The molecule has 1 unspecified atom stereocenters. The molecule has 2 aliphatic rings. The third kappa shape index (κ3) is 4.29. The maximum absolute atomic E-state index is 12.7. The number of hydrogen-bond acceptors (Lipinski definition) is 11. The summed E-state index contributed by atoms with van der Waals surface area (Å²) in [5.74, 6) is -0.599. The van der Waals surface area contributed by atoms with Crippen LogP contribution < -0.4 is 11.1 Å². The summed E-state index contributed by atoms with van der Waals surface area (Å²) in [6, 6.07) is -0.844. The summed E-state index contributed by atoms with van der Waals surface area (Å²) in [6.45, 7) is 0. The Morgan fingerprint density at radius 3 is 2.93 bits per heavy atom. The van der Waals surface area contributed by atoms with E-state index in [0.29, 0.717) is 18.6 Å². The number of thiol groups is 1. The summed E-state index contributed by atoms with van der Waals surface area (Å²) < 4.78 is 0. The highest BCUT2D eigenvalue weighted by Gasteiger charge is 2.53. The van der Waals surface area contributed by atoms with Gasteiger partial charge in [0.25, 0.3) is 11.8 Å². The monoisotopic (exact) mass is 470 g/mol. The maximum atomic E-state index is 12.7. The Balaban J connectivity index is 1.76.